The van der Waals surface area contributed by atoms with Crippen molar-refractivity contribution in [3.8, 4) is 5.75 Å². The molecule has 0 fully saturated rings. The van der Waals surface area contributed by atoms with Gasteiger partial charge in [0.05, 0.1) is 13.2 Å². The Balaban J connectivity index is 1.64. The summed E-state index contributed by atoms with van der Waals surface area (Å²) in [5.74, 6) is 0.472. The maximum atomic E-state index is 12.1. The van der Waals surface area contributed by atoms with Gasteiger partial charge in [-0.25, -0.2) is 0 Å². The molecule has 1 aromatic heterocycles. The molecule has 24 heavy (non-hydrogen) atoms. The summed E-state index contributed by atoms with van der Waals surface area (Å²) in [5.41, 5.74) is 2.42. The van der Waals surface area contributed by atoms with Gasteiger partial charge < -0.3 is 19.7 Å². The number of carbonyl (C=O) groups excluding carboxylic acids is 1. The zero-order valence-corrected chi connectivity index (χ0v) is 13.7. The molecule has 1 amide bonds. The molecule has 0 bridgehead atoms. The first-order valence-electron chi connectivity index (χ1n) is 7.74. The second-order valence-corrected chi connectivity index (χ2v) is 5.70. The summed E-state index contributed by atoms with van der Waals surface area (Å²) in [5, 5.41) is 14.1. The predicted octanol–water partition coefficient (Wildman–Crippen LogP) is 2.65. The lowest BCUT2D eigenvalue weighted by Gasteiger charge is -2.13. The third-order valence-corrected chi connectivity index (χ3v) is 4.10. The lowest BCUT2D eigenvalue weighted by molar-refractivity contribution is 0.0916. The van der Waals surface area contributed by atoms with Gasteiger partial charge in [-0.2, -0.15) is 0 Å². The van der Waals surface area contributed by atoms with E-state index in [9.17, 15) is 9.90 Å². The number of nitrogens with zero attached hydrogens (tertiary/aromatic N) is 1. The fourth-order valence-corrected chi connectivity index (χ4v) is 2.66. The fraction of sp³-hybridized carbons (Fsp3) is 0.211. The molecule has 1 heterocycles. The zero-order valence-electron chi connectivity index (χ0n) is 13.7. The standard InChI is InChI=1S/C19H20N2O3/c1-21-10-9-14-11-15(5-8-17(14)21)18(22)12-20-19(23)13-3-6-16(24-2)7-4-13/h3-11,18,22H,12H2,1-2H3,(H,20,23)/t18-/m0/s1. The first-order chi connectivity index (χ1) is 11.6. The number of hydrogen-bond donors (Lipinski definition) is 2. The molecule has 0 aliphatic carbocycles. The van der Waals surface area contributed by atoms with Gasteiger partial charge in [0.2, 0.25) is 0 Å². The number of aryl methyl sites for hydroxylation is 1. The molecular weight excluding hydrogens is 304 g/mol. The summed E-state index contributed by atoms with van der Waals surface area (Å²) in [6.07, 6.45) is 1.23. The smallest absolute Gasteiger partial charge is 0.251 e. The van der Waals surface area contributed by atoms with Crippen molar-refractivity contribution in [3.05, 3.63) is 65.9 Å². The van der Waals surface area contributed by atoms with E-state index in [1.807, 2.05) is 42.1 Å². The van der Waals surface area contributed by atoms with Crippen LogP contribution in [-0.2, 0) is 7.05 Å². The lowest BCUT2D eigenvalue weighted by Crippen LogP contribution is -2.28. The van der Waals surface area contributed by atoms with Gasteiger partial charge >= 0.3 is 0 Å². The number of carbonyl (C=O) groups is 1. The van der Waals surface area contributed by atoms with E-state index in [2.05, 4.69) is 5.32 Å². The molecule has 3 aromatic rings. The van der Waals surface area contributed by atoms with Crippen molar-refractivity contribution < 1.29 is 14.6 Å². The Bertz CT molecular complexity index is 853. The number of amides is 1. The maximum absolute atomic E-state index is 12.1. The Morgan fingerprint density at radius 2 is 1.96 bits per heavy atom. The number of methoxy groups -OCH3 is 1. The monoisotopic (exact) mass is 324 g/mol. The Kier molecular flexibility index (Phi) is 4.53. The van der Waals surface area contributed by atoms with Crippen LogP contribution in [-0.4, -0.2) is 29.2 Å². The number of fused-ring (bicyclic) bond motifs is 1. The Morgan fingerprint density at radius 3 is 2.67 bits per heavy atom. The van der Waals surface area contributed by atoms with Gasteiger partial charge in [0.1, 0.15) is 5.75 Å². The van der Waals surface area contributed by atoms with Crippen LogP contribution in [0.4, 0.5) is 0 Å². The van der Waals surface area contributed by atoms with E-state index in [1.54, 1.807) is 31.4 Å². The third kappa shape index (κ3) is 3.26. The highest BCUT2D eigenvalue weighted by Crippen LogP contribution is 2.21. The van der Waals surface area contributed by atoms with Gasteiger partial charge in [-0.15, -0.1) is 0 Å². The van der Waals surface area contributed by atoms with Gasteiger partial charge in [0.15, 0.2) is 0 Å². The van der Waals surface area contributed by atoms with Crippen LogP contribution in [0.3, 0.4) is 0 Å². The maximum Gasteiger partial charge on any atom is 0.251 e. The van der Waals surface area contributed by atoms with E-state index < -0.39 is 6.10 Å². The lowest BCUT2D eigenvalue weighted by atomic mass is 10.1. The van der Waals surface area contributed by atoms with Crippen molar-refractivity contribution in [2.75, 3.05) is 13.7 Å². The number of benzene rings is 2. The molecule has 1 atom stereocenters. The number of hydrogen-bond acceptors (Lipinski definition) is 3. The van der Waals surface area contributed by atoms with E-state index >= 15 is 0 Å². The molecule has 0 spiro atoms. The van der Waals surface area contributed by atoms with Gasteiger partial charge in [0.25, 0.3) is 5.91 Å². The summed E-state index contributed by atoms with van der Waals surface area (Å²) < 4.78 is 7.09. The van der Waals surface area contributed by atoms with Crippen molar-refractivity contribution in [1.82, 2.24) is 9.88 Å². The summed E-state index contributed by atoms with van der Waals surface area (Å²) in [4.78, 5) is 12.1. The van der Waals surface area contributed by atoms with Crippen molar-refractivity contribution in [2.24, 2.45) is 7.05 Å². The number of aliphatic hydroxyl groups is 1. The van der Waals surface area contributed by atoms with Crippen LogP contribution in [0.1, 0.15) is 22.0 Å². The third-order valence-electron chi connectivity index (χ3n) is 4.10. The molecule has 5 heteroatoms. The molecule has 2 aromatic carbocycles. The number of aromatic nitrogens is 1. The van der Waals surface area contributed by atoms with Crippen LogP contribution in [0.5, 0.6) is 5.75 Å². The summed E-state index contributed by atoms with van der Waals surface area (Å²) >= 11 is 0. The van der Waals surface area contributed by atoms with E-state index in [4.69, 9.17) is 4.74 Å². The molecule has 0 saturated heterocycles. The fourth-order valence-electron chi connectivity index (χ4n) is 2.66. The van der Waals surface area contributed by atoms with Crippen LogP contribution in [0.15, 0.2) is 54.7 Å². The predicted molar refractivity (Wildman–Crippen MR) is 93.2 cm³/mol. The second-order valence-electron chi connectivity index (χ2n) is 5.70. The molecule has 0 unspecified atom stereocenters. The SMILES string of the molecule is COc1ccc(C(=O)NC[C@H](O)c2ccc3c(ccn3C)c2)cc1. The minimum atomic E-state index is -0.753. The normalized spacial score (nSPS) is 12.1. The number of ether oxygens (including phenoxy) is 1. The molecule has 3 rings (SSSR count). The summed E-state index contributed by atoms with van der Waals surface area (Å²) in [6, 6.07) is 14.6. The molecule has 124 valence electrons. The first-order valence-corrected chi connectivity index (χ1v) is 7.74. The van der Waals surface area contributed by atoms with Gasteiger partial charge in [0, 0.05) is 30.9 Å². The molecule has 0 radical (unpaired) electrons. The summed E-state index contributed by atoms with van der Waals surface area (Å²) in [6.45, 7) is 0.156. The minimum absolute atomic E-state index is 0.156. The topological polar surface area (TPSA) is 63.5 Å². The number of aliphatic hydroxyl groups excluding tert-OH is 1. The largest absolute Gasteiger partial charge is 0.497 e. The van der Waals surface area contributed by atoms with Crippen LogP contribution in [0.25, 0.3) is 10.9 Å². The van der Waals surface area contributed by atoms with Crippen LogP contribution < -0.4 is 10.1 Å². The summed E-state index contributed by atoms with van der Waals surface area (Å²) in [7, 11) is 3.56. The quantitative estimate of drug-likeness (QED) is 0.758. The molecule has 0 saturated carbocycles. The van der Waals surface area contributed by atoms with E-state index in [0.717, 1.165) is 16.5 Å². The average Bonchev–Trinajstić information content (AvgIpc) is 3.00. The molecule has 0 aliphatic rings. The Hall–Kier alpha value is -2.79. The molecule has 2 N–H and O–H groups in total. The van der Waals surface area contributed by atoms with Gasteiger partial charge in [-0.1, -0.05) is 6.07 Å². The number of rotatable bonds is 5. The average molecular weight is 324 g/mol. The van der Waals surface area contributed by atoms with E-state index in [-0.39, 0.29) is 12.5 Å². The van der Waals surface area contributed by atoms with Crippen molar-refractivity contribution >= 4 is 16.8 Å². The van der Waals surface area contributed by atoms with Crippen molar-refractivity contribution in [2.45, 2.75) is 6.10 Å². The van der Waals surface area contributed by atoms with Gasteiger partial charge in [-0.3, -0.25) is 4.79 Å². The Labute approximate surface area is 140 Å². The Morgan fingerprint density at radius 1 is 1.21 bits per heavy atom. The molecule has 5 nitrogen and oxygen atoms in total. The highest BCUT2D eigenvalue weighted by molar-refractivity contribution is 5.94. The number of nitrogens with one attached hydrogen (secondary N) is 1. The van der Waals surface area contributed by atoms with E-state index in [1.165, 1.54) is 0 Å². The van der Waals surface area contributed by atoms with Gasteiger partial charge in [-0.05, 0) is 53.4 Å². The van der Waals surface area contributed by atoms with Crippen LogP contribution >= 0.6 is 0 Å². The molecular formula is C19H20N2O3. The molecule has 0 aliphatic heterocycles. The van der Waals surface area contributed by atoms with Crippen LogP contribution in [0.2, 0.25) is 0 Å². The zero-order chi connectivity index (χ0) is 17.1. The van der Waals surface area contributed by atoms with Crippen molar-refractivity contribution in [1.29, 1.82) is 0 Å². The second kappa shape index (κ2) is 6.76. The highest BCUT2D eigenvalue weighted by Gasteiger charge is 2.12. The minimum Gasteiger partial charge on any atom is -0.497 e. The van der Waals surface area contributed by atoms with Crippen molar-refractivity contribution in [3.63, 3.8) is 0 Å². The first kappa shape index (κ1) is 16.1. The van der Waals surface area contributed by atoms with Crippen LogP contribution in [0, 0.1) is 0 Å². The highest BCUT2D eigenvalue weighted by atomic mass is 16.5. The van der Waals surface area contributed by atoms with E-state index in [0.29, 0.717) is 11.3 Å².